The number of hydrogen-bond donors (Lipinski definition) is 0. The second-order valence-corrected chi connectivity index (χ2v) is 4.10. The summed E-state index contributed by atoms with van der Waals surface area (Å²) in [5, 5.41) is 0. The molecule has 0 amide bonds. The van der Waals surface area contributed by atoms with Crippen molar-refractivity contribution in [3.8, 4) is 0 Å². The van der Waals surface area contributed by atoms with Gasteiger partial charge >= 0.3 is 9.05 Å². The molecule has 0 rings (SSSR count). The first-order valence-corrected chi connectivity index (χ1v) is 5.42. The molecule has 0 aliphatic rings. The Hall–Kier alpha value is 0.0169. The van der Waals surface area contributed by atoms with Crippen molar-refractivity contribution in [3.63, 3.8) is 0 Å². The van der Waals surface area contributed by atoms with Crippen molar-refractivity contribution in [2.24, 2.45) is 0 Å². The fraction of sp³-hybridized carbons (Fsp3) is 1.00. The Morgan fingerprint density at radius 1 is 1.00 bits per heavy atom. The Morgan fingerprint density at radius 2 is 1.58 bits per heavy atom. The van der Waals surface area contributed by atoms with Gasteiger partial charge in [-0.25, -0.2) is 4.89 Å². The van der Waals surface area contributed by atoms with E-state index in [-0.39, 0.29) is 0 Å². The minimum Gasteiger partial charge on any atom is -0.353 e. The lowest BCUT2D eigenvalue weighted by Crippen LogP contribution is -2.47. The predicted molar refractivity (Wildman–Crippen MR) is 44.1 cm³/mol. The molecule has 0 aromatic rings. The van der Waals surface area contributed by atoms with Crippen LogP contribution in [0, 0.1) is 0 Å². The van der Waals surface area contributed by atoms with Crippen molar-refractivity contribution < 1.29 is 22.7 Å². The Bertz CT molecular complexity index is 106. The first-order chi connectivity index (χ1) is 5.74. The van der Waals surface area contributed by atoms with Gasteiger partial charge in [-0.05, 0) is 13.8 Å². The highest BCUT2D eigenvalue weighted by Gasteiger charge is 2.45. The quantitative estimate of drug-likeness (QED) is 0.341. The van der Waals surface area contributed by atoms with Crippen LogP contribution in [0.25, 0.3) is 0 Å². The molecule has 6 heteroatoms. The molecule has 0 spiro atoms. The van der Waals surface area contributed by atoms with E-state index in [1.165, 1.54) is 14.2 Å². The summed E-state index contributed by atoms with van der Waals surface area (Å²) in [6.45, 7) is 4.51. The molecule has 0 aliphatic heterocycles. The van der Waals surface area contributed by atoms with Gasteiger partial charge in [-0.3, -0.25) is 0 Å². The van der Waals surface area contributed by atoms with Crippen LogP contribution in [0.15, 0.2) is 0 Å². The average molecular weight is 196 g/mol. The summed E-state index contributed by atoms with van der Waals surface area (Å²) < 4.78 is 20.0. The van der Waals surface area contributed by atoms with Crippen molar-refractivity contribution in [3.05, 3.63) is 0 Å². The van der Waals surface area contributed by atoms with Crippen molar-refractivity contribution in [2.45, 2.75) is 13.8 Å². The van der Waals surface area contributed by atoms with Gasteiger partial charge in [-0.2, -0.15) is 4.58 Å². The topological polar surface area (TPSA) is 46.2 Å². The molecule has 0 atom stereocenters. The Balaban J connectivity index is 3.95. The lowest BCUT2D eigenvalue weighted by Gasteiger charge is -2.22. The lowest BCUT2D eigenvalue weighted by atomic mass is 10.9. The second kappa shape index (κ2) is 6.52. The lowest BCUT2D eigenvalue weighted by molar-refractivity contribution is -0.267. The number of rotatable bonds is 7. The van der Waals surface area contributed by atoms with E-state index in [2.05, 4.69) is 0 Å². The highest BCUT2D eigenvalue weighted by Crippen LogP contribution is 2.09. The van der Waals surface area contributed by atoms with E-state index in [9.17, 15) is 0 Å². The Kier molecular flexibility index (Phi) is 6.53. The van der Waals surface area contributed by atoms with Gasteiger partial charge in [0.05, 0.1) is 6.61 Å². The van der Waals surface area contributed by atoms with Crippen molar-refractivity contribution in [2.75, 3.05) is 27.4 Å². The van der Waals surface area contributed by atoms with E-state index in [4.69, 9.17) is 22.7 Å². The van der Waals surface area contributed by atoms with Crippen LogP contribution in [0.4, 0.5) is 0 Å². The third-order valence-electron chi connectivity index (χ3n) is 1.10. The normalized spacial score (nSPS) is 12.0. The van der Waals surface area contributed by atoms with Gasteiger partial charge < -0.3 is 13.3 Å². The molecule has 0 bridgehead atoms. The molecule has 0 saturated heterocycles. The molecule has 0 fully saturated rings. The highest BCUT2D eigenvalue weighted by molar-refractivity contribution is 6.53. The fourth-order valence-corrected chi connectivity index (χ4v) is 1.80. The van der Waals surface area contributed by atoms with Crippen LogP contribution in [0.3, 0.4) is 0 Å². The fourth-order valence-electron chi connectivity index (χ4n) is 0.601. The summed E-state index contributed by atoms with van der Waals surface area (Å²) in [6, 6.07) is 0. The molecule has 5 nitrogen and oxygen atoms in total. The van der Waals surface area contributed by atoms with Crippen LogP contribution >= 0.6 is 0 Å². The molecule has 0 radical (unpaired) electrons. The third-order valence-corrected chi connectivity index (χ3v) is 3.06. The van der Waals surface area contributed by atoms with Crippen LogP contribution in [-0.4, -0.2) is 36.5 Å². The van der Waals surface area contributed by atoms with Gasteiger partial charge in [0.25, 0.3) is 0 Å². The molecular formula is C6H16O5Si. The predicted octanol–water partition coefficient (Wildman–Crippen LogP) is 0.719. The van der Waals surface area contributed by atoms with E-state index >= 15 is 0 Å². The van der Waals surface area contributed by atoms with E-state index < -0.39 is 9.05 Å². The van der Waals surface area contributed by atoms with E-state index in [1.807, 2.05) is 6.92 Å². The molecular weight excluding hydrogens is 180 g/mol. The first kappa shape index (κ1) is 12.0. The molecule has 12 heavy (non-hydrogen) atoms. The monoisotopic (exact) mass is 196 g/mol. The van der Waals surface area contributed by atoms with Crippen LogP contribution < -0.4 is 0 Å². The molecule has 0 aromatic carbocycles. The minimum absolute atomic E-state index is 0.425. The maximum atomic E-state index is 5.18. The standard InChI is InChI=1S/C6H16O5Si/c1-5-9-11-12(7-3,8-4)10-6-2/h5-6H2,1-4H3. The zero-order chi connectivity index (χ0) is 9.45. The van der Waals surface area contributed by atoms with Crippen LogP contribution in [0.2, 0.25) is 0 Å². The molecule has 0 saturated carbocycles. The molecule has 0 aliphatic carbocycles. The maximum absolute atomic E-state index is 5.18. The summed E-state index contributed by atoms with van der Waals surface area (Å²) in [5.74, 6) is 0. The van der Waals surface area contributed by atoms with Crippen molar-refractivity contribution >= 4 is 9.05 Å². The minimum atomic E-state index is -2.99. The summed E-state index contributed by atoms with van der Waals surface area (Å²) >= 11 is 0. The summed E-state index contributed by atoms with van der Waals surface area (Å²) in [5.41, 5.74) is 0. The van der Waals surface area contributed by atoms with Crippen LogP contribution in [0.1, 0.15) is 13.8 Å². The average Bonchev–Trinajstić information content (AvgIpc) is 2.13. The van der Waals surface area contributed by atoms with Gasteiger partial charge in [-0.1, -0.05) is 0 Å². The summed E-state index contributed by atoms with van der Waals surface area (Å²) in [7, 11) is -0.0612. The largest absolute Gasteiger partial charge is 0.707 e. The van der Waals surface area contributed by atoms with E-state index in [0.717, 1.165) is 0 Å². The molecule has 0 N–H and O–H groups in total. The van der Waals surface area contributed by atoms with Crippen LogP contribution in [-0.2, 0) is 22.7 Å². The van der Waals surface area contributed by atoms with Gasteiger partial charge in [0.15, 0.2) is 0 Å². The number of hydrogen-bond acceptors (Lipinski definition) is 5. The van der Waals surface area contributed by atoms with Crippen LogP contribution in [0.5, 0.6) is 0 Å². The van der Waals surface area contributed by atoms with Crippen molar-refractivity contribution in [1.29, 1.82) is 0 Å². The van der Waals surface area contributed by atoms with Gasteiger partial charge in [0.2, 0.25) is 0 Å². The first-order valence-electron chi connectivity index (χ1n) is 3.79. The summed E-state index contributed by atoms with van der Waals surface area (Å²) in [6.07, 6.45) is 0. The second-order valence-electron chi connectivity index (χ2n) is 1.83. The molecule has 74 valence electrons. The Morgan fingerprint density at radius 3 is 1.92 bits per heavy atom. The van der Waals surface area contributed by atoms with Crippen molar-refractivity contribution in [1.82, 2.24) is 0 Å². The third kappa shape index (κ3) is 3.61. The molecule has 0 aromatic heterocycles. The molecule has 0 heterocycles. The summed E-state index contributed by atoms with van der Waals surface area (Å²) in [4.78, 5) is 4.72. The Labute approximate surface area is 73.9 Å². The zero-order valence-corrected chi connectivity index (χ0v) is 8.96. The molecule has 0 unspecified atom stereocenters. The zero-order valence-electron chi connectivity index (χ0n) is 7.96. The highest BCUT2D eigenvalue weighted by atomic mass is 28.4. The van der Waals surface area contributed by atoms with Gasteiger partial charge in [-0.15, -0.1) is 0 Å². The SMILES string of the molecule is CCOO[Si](OC)(OC)OCC. The van der Waals surface area contributed by atoms with Gasteiger partial charge in [0.1, 0.15) is 0 Å². The smallest absolute Gasteiger partial charge is 0.353 e. The van der Waals surface area contributed by atoms with E-state index in [0.29, 0.717) is 13.2 Å². The van der Waals surface area contributed by atoms with Gasteiger partial charge in [0, 0.05) is 20.8 Å². The van der Waals surface area contributed by atoms with E-state index in [1.54, 1.807) is 6.92 Å². The maximum Gasteiger partial charge on any atom is 0.707 e.